The fourth-order valence-electron chi connectivity index (χ4n) is 0.634. The van der Waals surface area contributed by atoms with Crippen LogP contribution in [0.5, 0.6) is 0 Å². The Bertz CT molecular complexity index is 497. The number of anilines is 1. The number of hydrogen-bond donors (Lipinski definition) is 2. The zero-order chi connectivity index (χ0) is 13.1. The first-order chi connectivity index (χ1) is 7.81. The van der Waals surface area contributed by atoms with Crippen LogP contribution < -0.4 is 4.72 Å². The number of thioether (sulfide) groups is 1. The number of carboxylic acid groups (broad SMARTS) is 1. The van der Waals surface area contributed by atoms with Crippen LogP contribution in [0.15, 0.2) is 4.34 Å². The molecule has 1 heterocycles. The van der Waals surface area contributed by atoms with E-state index in [9.17, 15) is 13.2 Å². The van der Waals surface area contributed by atoms with E-state index in [1.165, 1.54) is 14.1 Å². The molecule has 0 aliphatic rings. The highest BCUT2D eigenvalue weighted by molar-refractivity contribution is 8.01. The fourth-order valence-corrected chi connectivity index (χ4v) is 2.88. The number of aromatic nitrogens is 2. The smallest absolute Gasteiger partial charge is 0.313 e. The van der Waals surface area contributed by atoms with Gasteiger partial charge in [0.2, 0.25) is 5.13 Å². The van der Waals surface area contributed by atoms with Crippen molar-refractivity contribution in [3.63, 3.8) is 0 Å². The number of rotatable bonds is 6. The first kappa shape index (κ1) is 14.2. The first-order valence-electron chi connectivity index (χ1n) is 4.19. The van der Waals surface area contributed by atoms with Crippen LogP contribution in [0, 0.1) is 0 Å². The Labute approximate surface area is 106 Å². The summed E-state index contributed by atoms with van der Waals surface area (Å²) in [5.41, 5.74) is 0. The predicted molar refractivity (Wildman–Crippen MR) is 64.5 cm³/mol. The van der Waals surface area contributed by atoms with Crippen LogP contribution in [0.25, 0.3) is 0 Å². The summed E-state index contributed by atoms with van der Waals surface area (Å²) in [7, 11) is -0.847. The van der Waals surface area contributed by atoms with Crippen LogP contribution >= 0.6 is 23.1 Å². The summed E-state index contributed by atoms with van der Waals surface area (Å²) in [5, 5.41) is 15.8. The third kappa shape index (κ3) is 4.46. The van der Waals surface area contributed by atoms with E-state index < -0.39 is 16.2 Å². The van der Waals surface area contributed by atoms with Crippen LogP contribution in [0.3, 0.4) is 0 Å². The SMILES string of the molecule is CN(C)S(=O)(=O)Nc1nnc(SCC(=O)O)s1. The lowest BCUT2D eigenvalue weighted by molar-refractivity contribution is -0.133. The maximum absolute atomic E-state index is 11.4. The molecule has 1 aromatic heterocycles. The molecular weight excluding hydrogens is 288 g/mol. The topological polar surface area (TPSA) is 112 Å². The minimum atomic E-state index is -3.60. The number of nitrogens with zero attached hydrogens (tertiary/aromatic N) is 3. The van der Waals surface area contributed by atoms with E-state index in [0.29, 0.717) is 4.34 Å². The highest BCUT2D eigenvalue weighted by Gasteiger charge is 2.16. The summed E-state index contributed by atoms with van der Waals surface area (Å²) in [6.45, 7) is 0. The quantitative estimate of drug-likeness (QED) is 0.707. The van der Waals surface area contributed by atoms with Gasteiger partial charge in [-0.1, -0.05) is 23.1 Å². The van der Waals surface area contributed by atoms with E-state index >= 15 is 0 Å². The van der Waals surface area contributed by atoms with E-state index in [1.54, 1.807) is 0 Å². The zero-order valence-corrected chi connectivity index (χ0v) is 11.4. The zero-order valence-electron chi connectivity index (χ0n) is 8.95. The summed E-state index contributed by atoms with van der Waals surface area (Å²) in [6.07, 6.45) is 0. The molecule has 0 aliphatic carbocycles. The molecule has 2 N–H and O–H groups in total. The van der Waals surface area contributed by atoms with E-state index in [4.69, 9.17) is 5.11 Å². The maximum atomic E-state index is 11.4. The van der Waals surface area contributed by atoms with Crippen LogP contribution in [-0.2, 0) is 15.0 Å². The second-order valence-corrected chi connectivity index (χ2v) is 7.03. The molecule has 11 heteroatoms. The summed E-state index contributed by atoms with van der Waals surface area (Å²) >= 11 is 1.96. The summed E-state index contributed by atoms with van der Waals surface area (Å²) in [5.74, 6) is -1.12. The molecule has 0 radical (unpaired) electrons. The van der Waals surface area contributed by atoms with Gasteiger partial charge >= 0.3 is 16.2 Å². The van der Waals surface area contributed by atoms with Gasteiger partial charge in [0.05, 0.1) is 5.75 Å². The van der Waals surface area contributed by atoms with Gasteiger partial charge in [0.1, 0.15) is 0 Å². The third-order valence-corrected chi connectivity index (χ3v) is 4.92. The number of carbonyl (C=O) groups is 1. The third-order valence-electron chi connectivity index (χ3n) is 1.42. The van der Waals surface area contributed by atoms with Crippen molar-refractivity contribution < 1.29 is 18.3 Å². The van der Waals surface area contributed by atoms with Gasteiger partial charge in [-0.3, -0.25) is 4.79 Å². The molecule has 0 saturated carbocycles. The van der Waals surface area contributed by atoms with Crippen molar-refractivity contribution >= 4 is 44.4 Å². The van der Waals surface area contributed by atoms with Gasteiger partial charge in [-0.15, -0.1) is 10.2 Å². The molecule has 0 fully saturated rings. The van der Waals surface area contributed by atoms with E-state index in [0.717, 1.165) is 27.4 Å². The highest BCUT2D eigenvalue weighted by atomic mass is 32.2. The number of carboxylic acids is 1. The molecule has 0 amide bonds. The van der Waals surface area contributed by atoms with Crippen molar-refractivity contribution in [3.05, 3.63) is 0 Å². The van der Waals surface area contributed by atoms with Gasteiger partial charge in [0, 0.05) is 14.1 Å². The molecule has 0 bridgehead atoms. The largest absolute Gasteiger partial charge is 0.481 e. The Morgan fingerprint density at radius 1 is 1.53 bits per heavy atom. The molecule has 8 nitrogen and oxygen atoms in total. The molecule has 17 heavy (non-hydrogen) atoms. The monoisotopic (exact) mass is 298 g/mol. The van der Waals surface area contributed by atoms with Gasteiger partial charge in [0.15, 0.2) is 4.34 Å². The highest BCUT2D eigenvalue weighted by Crippen LogP contribution is 2.25. The average Bonchev–Trinajstić information content (AvgIpc) is 2.61. The fraction of sp³-hybridized carbons (Fsp3) is 0.500. The van der Waals surface area contributed by atoms with Crippen molar-refractivity contribution in [1.82, 2.24) is 14.5 Å². The lowest BCUT2D eigenvalue weighted by Gasteiger charge is -2.10. The number of nitrogens with one attached hydrogen (secondary N) is 1. The normalized spacial score (nSPS) is 11.7. The van der Waals surface area contributed by atoms with Gasteiger partial charge in [-0.2, -0.15) is 12.7 Å². The molecule has 0 aromatic carbocycles. The molecule has 0 saturated heterocycles. The van der Waals surface area contributed by atoms with Crippen LogP contribution in [0.2, 0.25) is 0 Å². The Morgan fingerprint density at radius 3 is 2.71 bits per heavy atom. The Morgan fingerprint density at radius 2 is 2.18 bits per heavy atom. The van der Waals surface area contributed by atoms with Crippen molar-refractivity contribution in [2.45, 2.75) is 4.34 Å². The van der Waals surface area contributed by atoms with Gasteiger partial charge in [-0.05, 0) is 0 Å². The number of hydrogen-bond acceptors (Lipinski definition) is 7. The molecule has 96 valence electrons. The minimum absolute atomic E-state index is 0.103. The molecule has 1 rings (SSSR count). The van der Waals surface area contributed by atoms with Crippen molar-refractivity contribution in [3.8, 4) is 0 Å². The predicted octanol–water partition coefficient (Wildman–Crippen LogP) is -0.0669. The van der Waals surface area contributed by atoms with Crippen molar-refractivity contribution in [2.75, 3.05) is 24.6 Å². The Kier molecular flexibility index (Phi) is 4.68. The summed E-state index contributed by atoms with van der Waals surface area (Å²) in [6, 6.07) is 0. The summed E-state index contributed by atoms with van der Waals surface area (Å²) in [4.78, 5) is 10.3. The molecule has 0 unspecified atom stereocenters. The van der Waals surface area contributed by atoms with Crippen LogP contribution in [-0.4, -0.2) is 53.8 Å². The number of aliphatic carboxylic acids is 1. The molecule has 1 aromatic rings. The Hall–Kier alpha value is -0.910. The second-order valence-electron chi connectivity index (χ2n) is 2.95. The first-order valence-corrected chi connectivity index (χ1v) is 7.44. The van der Waals surface area contributed by atoms with Gasteiger partial charge in [-0.25, -0.2) is 4.72 Å². The average molecular weight is 298 g/mol. The molecule has 0 aliphatic heterocycles. The molecular formula is C6H10N4O4S3. The van der Waals surface area contributed by atoms with Crippen LogP contribution in [0.4, 0.5) is 5.13 Å². The standard InChI is InChI=1S/C6H10N4O4S3/c1-10(2)17(13,14)9-5-7-8-6(16-5)15-3-4(11)12/h3H2,1-2H3,(H,7,9)(H,11,12). The molecule has 0 atom stereocenters. The van der Waals surface area contributed by atoms with Crippen LogP contribution in [0.1, 0.15) is 0 Å². The van der Waals surface area contributed by atoms with E-state index in [1.807, 2.05) is 0 Å². The van der Waals surface area contributed by atoms with Gasteiger partial charge in [0.25, 0.3) is 0 Å². The summed E-state index contributed by atoms with van der Waals surface area (Å²) < 4.78 is 26.5. The molecule has 0 spiro atoms. The lowest BCUT2D eigenvalue weighted by Crippen LogP contribution is -2.28. The minimum Gasteiger partial charge on any atom is -0.481 e. The van der Waals surface area contributed by atoms with E-state index in [-0.39, 0.29) is 10.9 Å². The lowest BCUT2D eigenvalue weighted by atomic mass is 10.8. The Balaban J connectivity index is 2.66. The van der Waals surface area contributed by atoms with Gasteiger partial charge < -0.3 is 5.11 Å². The van der Waals surface area contributed by atoms with Crippen molar-refractivity contribution in [1.29, 1.82) is 0 Å². The maximum Gasteiger partial charge on any atom is 0.313 e. The second kappa shape index (κ2) is 5.62. The van der Waals surface area contributed by atoms with Crippen molar-refractivity contribution in [2.24, 2.45) is 0 Å². The van der Waals surface area contributed by atoms with E-state index in [2.05, 4.69) is 14.9 Å².